The summed E-state index contributed by atoms with van der Waals surface area (Å²) in [6.45, 7) is 9.15. The van der Waals surface area contributed by atoms with E-state index in [1.165, 1.54) is 11.3 Å². The van der Waals surface area contributed by atoms with E-state index >= 15 is 0 Å². The van der Waals surface area contributed by atoms with Crippen molar-refractivity contribution in [1.29, 1.82) is 0 Å². The summed E-state index contributed by atoms with van der Waals surface area (Å²) in [6.07, 6.45) is 1.80. The van der Waals surface area contributed by atoms with Gasteiger partial charge in [-0.3, -0.25) is 0 Å². The molecule has 0 aromatic carbocycles. The molecule has 0 saturated carbocycles. The smallest absolute Gasteiger partial charge is 0.0699 e. The van der Waals surface area contributed by atoms with Crippen LogP contribution in [0.4, 0.5) is 0 Å². The van der Waals surface area contributed by atoms with Crippen molar-refractivity contribution in [1.82, 2.24) is 10.2 Å². The predicted molar refractivity (Wildman–Crippen MR) is 52.6 cm³/mol. The first-order valence-electron chi connectivity index (χ1n) is 4.86. The van der Waals surface area contributed by atoms with Gasteiger partial charge in [-0.05, 0) is 23.0 Å². The van der Waals surface area contributed by atoms with Crippen LogP contribution in [0.5, 0.6) is 0 Å². The Morgan fingerprint density at radius 3 is 2.54 bits per heavy atom. The third-order valence-corrected chi connectivity index (χ3v) is 3.89. The molecule has 2 atom stereocenters. The van der Waals surface area contributed by atoms with Gasteiger partial charge in [0.15, 0.2) is 0 Å². The molecular formula is C11H16N2. The van der Waals surface area contributed by atoms with E-state index in [0.29, 0.717) is 17.3 Å². The summed E-state index contributed by atoms with van der Waals surface area (Å²) in [5.41, 5.74) is 2.89. The SMILES string of the molecule is C[C@@H]1c2nnccc2[C@H](C)C1(C)C. The van der Waals surface area contributed by atoms with Crippen molar-refractivity contribution in [2.45, 2.75) is 39.5 Å². The van der Waals surface area contributed by atoms with Gasteiger partial charge in [-0.25, -0.2) is 0 Å². The van der Waals surface area contributed by atoms with Crippen molar-refractivity contribution in [3.05, 3.63) is 23.5 Å². The minimum atomic E-state index is 0.318. The molecule has 2 nitrogen and oxygen atoms in total. The van der Waals surface area contributed by atoms with E-state index in [2.05, 4.69) is 44.0 Å². The molecule has 70 valence electrons. The van der Waals surface area contributed by atoms with Crippen molar-refractivity contribution in [3.8, 4) is 0 Å². The van der Waals surface area contributed by atoms with E-state index in [4.69, 9.17) is 0 Å². The van der Waals surface area contributed by atoms with Crippen LogP contribution in [-0.4, -0.2) is 10.2 Å². The lowest BCUT2D eigenvalue weighted by Gasteiger charge is -2.28. The van der Waals surface area contributed by atoms with E-state index in [-0.39, 0.29) is 0 Å². The molecule has 0 aliphatic heterocycles. The molecular weight excluding hydrogens is 160 g/mol. The highest BCUT2D eigenvalue weighted by molar-refractivity contribution is 5.34. The first kappa shape index (κ1) is 8.67. The Kier molecular flexibility index (Phi) is 1.69. The summed E-state index contributed by atoms with van der Waals surface area (Å²) >= 11 is 0. The molecule has 13 heavy (non-hydrogen) atoms. The summed E-state index contributed by atoms with van der Waals surface area (Å²) < 4.78 is 0. The predicted octanol–water partition coefficient (Wildman–Crippen LogP) is 2.72. The summed E-state index contributed by atoms with van der Waals surface area (Å²) in [7, 11) is 0. The van der Waals surface area contributed by atoms with Crippen LogP contribution >= 0.6 is 0 Å². The topological polar surface area (TPSA) is 25.8 Å². The van der Waals surface area contributed by atoms with Gasteiger partial charge in [0.1, 0.15) is 0 Å². The average molecular weight is 176 g/mol. The first-order valence-corrected chi connectivity index (χ1v) is 4.86. The van der Waals surface area contributed by atoms with E-state index in [9.17, 15) is 0 Å². The van der Waals surface area contributed by atoms with Gasteiger partial charge in [-0.15, -0.1) is 0 Å². The zero-order valence-corrected chi connectivity index (χ0v) is 8.70. The van der Waals surface area contributed by atoms with Gasteiger partial charge in [0, 0.05) is 12.1 Å². The molecule has 1 aromatic rings. The number of fused-ring (bicyclic) bond motifs is 1. The fourth-order valence-corrected chi connectivity index (χ4v) is 2.18. The number of hydrogen-bond acceptors (Lipinski definition) is 2. The second kappa shape index (κ2) is 2.53. The Hall–Kier alpha value is -0.920. The highest BCUT2D eigenvalue weighted by Crippen LogP contribution is 2.53. The third kappa shape index (κ3) is 1.01. The van der Waals surface area contributed by atoms with Gasteiger partial charge in [0.05, 0.1) is 5.69 Å². The molecule has 1 aromatic heterocycles. The van der Waals surface area contributed by atoms with Gasteiger partial charge < -0.3 is 0 Å². The van der Waals surface area contributed by atoms with E-state index in [0.717, 1.165) is 0 Å². The first-order chi connectivity index (χ1) is 6.05. The van der Waals surface area contributed by atoms with Gasteiger partial charge in [-0.2, -0.15) is 10.2 Å². The van der Waals surface area contributed by atoms with Crippen LogP contribution in [0.25, 0.3) is 0 Å². The number of aromatic nitrogens is 2. The lowest BCUT2D eigenvalue weighted by Crippen LogP contribution is -2.18. The molecule has 0 unspecified atom stereocenters. The maximum absolute atomic E-state index is 4.24. The Morgan fingerprint density at radius 2 is 1.92 bits per heavy atom. The minimum absolute atomic E-state index is 0.318. The summed E-state index contributed by atoms with van der Waals surface area (Å²) in [5.74, 6) is 1.11. The van der Waals surface area contributed by atoms with Crippen molar-refractivity contribution < 1.29 is 0 Å². The quantitative estimate of drug-likeness (QED) is 0.607. The number of nitrogens with zero attached hydrogens (tertiary/aromatic N) is 2. The van der Waals surface area contributed by atoms with Crippen molar-refractivity contribution in [3.63, 3.8) is 0 Å². The van der Waals surface area contributed by atoms with Gasteiger partial charge in [-0.1, -0.05) is 27.7 Å². The lowest BCUT2D eigenvalue weighted by atomic mass is 9.76. The Labute approximate surface area is 79.4 Å². The number of rotatable bonds is 0. The van der Waals surface area contributed by atoms with Gasteiger partial charge in [0.2, 0.25) is 0 Å². The largest absolute Gasteiger partial charge is 0.159 e. The fourth-order valence-electron chi connectivity index (χ4n) is 2.18. The maximum atomic E-state index is 4.24. The molecule has 0 bridgehead atoms. The zero-order valence-electron chi connectivity index (χ0n) is 8.70. The monoisotopic (exact) mass is 176 g/mol. The van der Waals surface area contributed by atoms with E-state index in [1.54, 1.807) is 6.20 Å². The summed E-state index contributed by atoms with van der Waals surface area (Å²) in [5, 5.41) is 8.19. The fraction of sp³-hybridized carbons (Fsp3) is 0.636. The van der Waals surface area contributed by atoms with Crippen molar-refractivity contribution in [2.75, 3.05) is 0 Å². The van der Waals surface area contributed by atoms with Crippen LogP contribution in [0.2, 0.25) is 0 Å². The van der Waals surface area contributed by atoms with E-state index < -0.39 is 0 Å². The van der Waals surface area contributed by atoms with Crippen LogP contribution in [-0.2, 0) is 0 Å². The van der Waals surface area contributed by atoms with Crippen LogP contribution < -0.4 is 0 Å². The van der Waals surface area contributed by atoms with Crippen LogP contribution in [0.15, 0.2) is 12.3 Å². The molecule has 2 heteroatoms. The average Bonchev–Trinajstić information content (AvgIpc) is 2.30. The highest BCUT2D eigenvalue weighted by Gasteiger charge is 2.43. The van der Waals surface area contributed by atoms with Crippen molar-refractivity contribution >= 4 is 0 Å². The highest BCUT2D eigenvalue weighted by atomic mass is 15.1. The van der Waals surface area contributed by atoms with Gasteiger partial charge >= 0.3 is 0 Å². The number of hydrogen-bond donors (Lipinski definition) is 0. The minimum Gasteiger partial charge on any atom is -0.159 e. The second-order valence-electron chi connectivity index (χ2n) is 4.64. The third-order valence-electron chi connectivity index (χ3n) is 3.89. The molecule has 0 saturated heterocycles. The van der Waals surface area contributed by atoms with Crippen LogP contribution in [0.3, 0.4) is 0 Å². The molecule has 2 rings (SSSR count). The molecule has 0 spiro atoms. The maximum Gasteiger partial charge on any atom is 0.0699 e. The molecule has 0 radical (unpaired) electrons. The zero-order chi connectivity index (χ0) is 9.64. The molecule has 1 aliphatic carbocycles. The van der Waals surface area contributed by atoms with Crippen molar-refractivity contribution in [2.24, 2.45) is 5.41 Å². The van der Waals surface area contributed by atoms with Crippen LogP contribution in [0.1, 0.15) is 50.8 Å². The normalized spacial score (nSPS) is 30.2. The Balaban J connectivity index is 2.57. The molecule has 0 amide bonds. The van der Waals surface area contributed by atoms with E-state index in [1.807, 2.05) is 0 Å². The standard InChI is InChI=1S/C11H16N2/c1-7-9-5-6-12-13-10(9)8(2)11(7,3)4/h5-8H,1-4H3/t7-,8+/m0/s1. The molecule has 1 heterocycles. The summed E-state index contributed by atoms with van der Waals surface area (Å²) in [4.78, 5) is 0. The van der Waals surface area contributed by atoms with Crippen LogP contribution in [0, 0.1) is 5.41 Å². The Morgan fingerprint density at radius 1 is 1.23 bits per heavy atom. The Bertz CT molecular complexity index is 300. The second-order valence-corrected chi connectivity index (χ2v) is 4.64. The molecule has 0 fully saturated rings. The lowest BCUT2D eigenvalue weighted by molar-refractivity contribution is 0.277. The van der Waals surface area contributed by atoms with Gasteiger partial charge in [0.25, 0.3) is 0 Å². The summed E-state index contributed by atoms with van der Waals surface area (Å²) in [6, 6.07) is 2.11. The molecule has 1 aliphatic rings. The molecule has 0 N–H and O–H groups in total.